The Kier molecular flexibility index (Phi) is 6.07. The lowest BCUT2D eigenvalue weighted by Crippen LogP contribution is -2.18. The Balaban J connectivity index is 1.19. The van der Waals surface area contributed by atoms with Crippen LogP contribution in [0.3, 0.4) is 0 Å². The highest BCUT2D eigenvalue weighted by Crippen LogP contribution is 2.32. The molecule has 200 valence electrons. The fourth-order valence-corrected chi connectivity index (χ4v) is 5.68. The lowest BCUT2D eigenvalue weighted by molar-refractivity contribution is -0.117. The van der Waals surface area contributed by atoms with Crippen LogP contribution in [0, 0.1) is 12.8 Å². The number of nitrogens with zero attached hydrogens (tertiary/aromatic N) is 6. The van der Waals surface area contributed by atoms with Crippen molar-refractivity contribution >= 4 is 33.7 Å². The van der Waals surface area contributed by atoms with Crippen LogP contribution in [0.25, 0.3) is 50.4 Å². The van der Waals surface area contributed by atoms with Crippen molar-refractivity contribution in [1.82, 2.24) is 39.7 Å². The third-order valence-electron chi connectivity index (χ3n) is 7.70. The van der Waals surface area contributed by atoms with Gasteiger partial charge in [0.05, 0.1) is 35.1 Å². The number of aromatic nitrogens is 8. The fraction of sp³-hybridized carbons (Fsp3) is 0.267. The van der Waals surface area contributed by atoms with Gasteiger partial charge in [-0.2, -0.15) is 5.10 Å². The van der Waals surface area contributed by atoms with Crippen molar-refractivity contribution in [3.05, 3.63) is 67.1 Å². The molecule has 0 radical (unpaired) electrons. The third kappa shape index (κ3) is 4.61. The lowest BCUT2D eigenvalue weighted by atomic mass is 9.87. The monoisotopic (exact) mass is 531 g/mol. The van der Waals surface area contributed by atoms with Crippen molar-refractivity contribution in [1.29, 1.82) is 0 Å². The van der Waals surface area contributed by atoms with E-state index in [0.29, 0.717) is 35.2 Å². The molecule has 1 amide bonds. The van der Waals surface area contributed by atoms with E-state index in [1.165, 1.54) is 19.3 Å². The molecule has 40 heavy (non-hydrogen) atoms. The Bertz CT molecular complexity index is 1840. The molecule has 1 aliphatic carbocycles. The number of aryl methyl sites for hydroxylation is 1. The van der Waals surface area contributed by atoms with Gasteiger partial charge in [0.2, 0.25) is 5.91 Å². The highest BCUT2D eigenvalue weighted by atomic mass is 16.1. The van der Waals surface area contributed by atoms with Crippen LogP contribution in [0.15, 0.2) is 61.4 Å². The van der Waals surface area contributed by atoms with Gasteiger partial charge in [-0.15, -0.1) is 0 Å². The zero-order valence-corrected chi connectivity index (χ0v) is 22.2. The van der Waals surface area contributed by atoms with Crippen LogP contribution in [-0.2, 0) is 4.79 Å². The molecule has 1 aliphatic rings. The maximum Gasteiger partial charge on any atom is 0.224 e. The van der Waals surface area contributed by atoms with Crippen LogP contribution in [0.1, 0.15) is 44.2 Å². The molecule has 10 nitrogen and oxygen atoms in total. The Hall–Kier alpha value is -4.86. The normalized spacial score (nSPS) is 14.2. The predicted octanol–water partition coefficient (Wildman–Crippen LogP) is 5.97. The van der Waals surface area contributed by atoms with Crippen molar-refractivity contribution in [3.8, 4) is 28.3 Å². The van der Waals surface area contributed by atoms with E-state index in [1.807, 2.05) is 48.1 Å². The van der Waals surface area contributed by atoms with Gasteiger partial charge in [0.25, 0.3) is 0 Å². The maximum absolute atomic E-state index is 12.7. The molecule has 0 atom stereocenters. The number of rotatable bonds is 6. The van der Waals surface area contributed by atoms with Crippen LogP contribution in [0.4, 0.5) is 5.69 Å². The van der Waals surface area contributed by atoms with E-state index in [1.54, 1.807) is 18.7 Å². The molecule has 1 aromatic carbocycles. The van der Waals surface area contributed by atoms with E-state index < -0.39 is 0 Å². The molecule has 0 unspecified atom stereocenters. The van der Waals surface area contributed by atoms with E-state index in [2.05, 4.69) is 41.5 Å². The highest BCUT2D eigenvalue weighted by molar-refractivity contribution is 5.96. The number of nitrogens with one attached hydrogen (secondary N) is 3. The molecule has 7 rings (SSSR count). The van der Waals surface area contributed by atoms with Crippen molar-refractivity contribution in [2.75, 3.05) is 5.32 Å². The maximum atomic E-state index is 12.7. The first-order chi connectivity index (χ1) is 19.6. The summed E-state index contributed by atoms with van der Waals surface area (Å²) in [6.07, 6.45) is 15.6. The Morgan fingerprint density at radius 3 is 2.83 bits per heavy atom. The molecule has 10 heteroatoms. The number of aromatic amines is 2. The van der Waals surface area contributed by atoms with Crippen LogP contribution in [-0.4, -0.2) is 45.6 Å². The number of hydrogen-bond donors (Lipinski definition) is 3. The molecule has 0 saturated heterocycles. The second kappa shape index (κ2) is 10.0. The zero-order valence-electron chi connectivity index (χ0n) is 22.2. The van der Waals surface area contributed by atoms with Gasteiger partial charge in [-0.25, -0.2) is 15.0 Å². The van der Waals surface area contributed by atoms with Gasteiger partial charge in [-0.3, -0.25) is 14.9 Å². The Morgan fingerprint density at radius 1 is 1.07 bits per heavy atom. The molecular formula is C30H29N9O. The summed E-state index contributed by atoms with van der Waals surface area (Å²) in [4.78, 5) is 34.1. The minimum atomic E-state index is 0.0575. The SMILES string of the molecule is Cc1cn(-c2ccnc3nc(-c4n[nH]c5ccc(-c6cncc(NC(=O)CC7CCCCC7)c6)cc45)[nH]c23)cn1. The van der Waals surface area contributed by atoms with Crippen molar-refractivity contribution in [3.63, 3.8) is 0 Å². The quantitative estimate of drug-likeness (QED) is 0.243. The lowest BCUT2D eigenvalue weighted by Gasteiger charge is -2.20. The molecule has 5 aromatic heterocycles. The van der Waals surface area contributed by atoms with E-state index in [-0.39, 0.29) is 5.91 Å². The molecular weight excluding hydrogens is 502 g/mol. The number of amides is 1. The number of H-pyrrole nitrogens is 2. The number of benzene rings is 1. The van der Waals surface area contributed by atoms with Crippen molar-refractivity contribution < 1.29 is 4.79 Å². The number of anilines is 1. The summed E-state index contributed by atoms with van der Waals surface area (Å²) in [7, 11) is 0. The van der Waals surface area contributed by atoms with Crippen molar-refractivity contribution in [2.45, 2.75) is 45.4 Å². The van der Waals surface area contributed by atoms with Crippen LogP contribution >= 0.6 is 0 Å². The Labute approximate surface area is 230 Å². The first kappa shape index (κ1) is 24.2. The standard InChI is InChI=1S/C30H29N9O/c1-18-16-39(17-33-18)25-9-10-32-29-28(25)35-30(36-29)27-23-13-20(7-8-24(23)37-38-27)21-12-22(15-31-14-21)34-26(40)11-19-5-3-2-4-6-19/h7-10,12-17,19H,2-6,11H2,1H3,(H,34,40)(H,37,38)(H,32,35,36). The van der Waals surface area contributed by atoms with E-state index in [9.17, 15) is 4.79 Å². The summed E-state index contributed by atoms with van der Waals surface area (Å²) in [6, 6.07) is 9.99. The smallest absolute Gasteiger partial charge is 0.224 e. The predicted molar refractivity (Wildman–Crippen MR) is 154 cm³/mol. The molecule has 6 aromatic rings. The summed E-state index contributed by atoms with van der Waals surface area (Å²) in [5, 5.41) is 11.7. The summed E-state index contributed by atoms with van der Waals surface area (Å²) < 4.78 is 1.95. The molecule has 0 spiro atoms. The van der Waals surface area contributed by atoms with Crippen LogP contribution in [0.2, 0.25) is 0 Å². The van der Waals surface area contributed by atoms with Crippen LogP contribution < -0.4 is 5.32 Å². The number of pyridine rings is 2. The van der Waals surface area contributed by atoms with Gasteiger partial charge in [0.1, 0.15) is 11.2 Å². The average Bonchev–Trinajstić information content (AvgIpc) is 3.71. The minimum Gasteiger partial charge on any atom is -0.333 e. The number of hydrogen-bond acceptors (Lipinski definition) is 6. The van der Waals surface area contributed by atoms with E-state index in [4.69, 9.17) is 4.98 Å². The topological polar surface area (TPSA) is 130 Å². The summed E-state index contributed by atoms with van der Waals surface area (Å²) in [6.45, 7) is 1.96. The first-order valence-electron chi connectivity index (χ1n) is 13.7. The van der Waals surface area contributed by atoms with Gasteiger partial charge in [-0.05, 0) is 55.5 Å². The average molecular weight is 532 g/mol. The molecule has 0 bridgehead atoms. The minimum absolute atomic E-state index is 0.0575. The van der Waals surface area contributed by atoms with Crippen molar-refractivity contribution in [2.24, 2.45) is 5.92 Å². The van der Waals surface area contributed by atoms with Gasteiger partial charge in [0, 0.05) is 36.0 Å². The molecule has 0 aliphatic heterocycles. The van der Waals surface area contributed by atoms with Gasteiger partial charge >= 0.3 is 0 Å². The molecule has 1 saturated carbocycles. The number of imidazole rings is 2. The number of carbonyl (C=O) groups excluding carboxylic acids is 1. The van der Waals surface area contributed by atoms with Gasteiger partial charge in [0.15, 0.2) is 11.5 Å². The van der Waals surface area contributed by atoms with Crippen LogP contribution in [0.5, 0.6) is 0 Å². The molecule has 3 N–H and O–H groups in total. The van der Waals surface area contributed by atoms with Gasteiger partial charge in [-0.1, -0.05) is 25.3 Å². The highest BCUT2D eigenvalue weighted by Gasteiger charge is 2.18. The third-order valence-corrected chi connectivity index (χ3v) is 7.70. The summed E-state index contributed by atoms with van der Waals surface area (Å²) >= 11 is 0. The van der Waals surface area contributed by atoms with E-state index >= 15 is 0 Å². The largest absolute Gasteiger partial charge is 0.333 e. The zero-order chi connectivity index (χ0) is 27.1. The van der Waals surface area contributed by atoms with Gasteiger partial charge < -0.3 is 14.9 Å². The summed E-state index contributed by atoms with van der Waals surface area (Å²) in [5.41, 5.74) is 7.43. The molecule has 1 fully saturated rings. The first-order valence-corrected chi connectivity index (χ1v) is 13.7. The Morgan fingerprint density at radius 2 is 1.98 bits per heavy atom. The second-order valence-corrected chi connectivity index (χ2v) is 10.6. The summed E-state index contributed by atoms with van der Waals surface area (Å²) in [5.74, 6) is 1.17. The second-order valence-electron chi connectivity index (χ2n) is 10.6. The number of fused-ring (bicyclic) bond motifs is 2. The van der Waals surface area contributed by atoms with E-state index in [0.717, 1.165) is 51.8 Å². The molecule has 5 heterocycles. The number of carbonyl (C=O) groups is 1. The fourth-order valence-electron chi connectivity index (χ4n) is 5.68.